The molecule has 6 heavy (non-hydrogen) atoms. The Kier molecular flexibility index (Phi) is 0.508. The average molecular weight is 88.1 g/mol. The molecule has 0 spiro atoms. The number of nitrogens with two attached hydrogens (primary N) is 1. The summed E-state index contributed by atoms with van der Waals surface area (Å²) in [5, 5.41) is 9.49. The summed E-state index contributed by atoms with van der Waals surface area (Å²) in [4.78, 5) is 0. The zero-order valence-corrected chi connectivity index (χ0v) is 3.68. The number of hydrogen-bond acceptors (Lipinski definition) is 3. The quantitative estimate of drug-likeness (QED) is 0.387. The van der Waals surface area contributed by atoms with E-state index in [0.717, 1.165) is 5.06 Å². The van der Waals surface area contributed by atoms with Crippen molar-refractivity contribution in [1.82, 2.24) is 5.06 Å². The molecule has 1 aliphatic rings. The Hall–Kier alpha value is -0.120. The SMILES string of the molecule is CC1(N)CN1O. The Labute approximate surface area is 36.3 Å². The topological polar surface area (TPSA) is 49.3 Å². The number of hydrogen-bond donors (Lipinski definition) is 2. The van der Waals surface area contributed by atoms with Crippen LogP contribution in [0.5, 0.6) is 0 Å². The molecule has 0 aromatic heterocycles. The molecule has 3 heteroatoms. The summed E-state index contributed by atoms with van der Waals surface area (Å²) < 4.78 is 0. The molecule has 0 aromatic carbocycles. The largest absolute Gasteiger partial charge is 0.312 e. The zero-order chi connectivity index (χ0) is 4.78. The average Bonchev–Trinajstić information content (AvgIpc) is 1.73. The smallest absolute Gasteiger partial charge is 0.105 e. The monoisotopic (exact) mass is 88.1 g/mol. The summed E-state index contributed by atoms with van der Waals surface area (Å²) >= 11 is 0. The van der Waals surface area contributed by atoms with Gasteiger partial charge in [-0.05, 0) is 6.92 Å². The van der Waals surface area contributed by atoms with Gasteiger partial charge in [-0.1, -0.05) is 0 Å². The van der Waals surface area contributed by atoms with Crippen LogP contribution in [0.1, 0.15) is 6.92 Å². The Morgan fingerprint density at radius 1 is 2.00 bits per heavy atom. The Morgan fingerprint density at radius 3 is 2.17 bits per heavy atom. The van der Waals surface area contributed by atoms with Gasteiger partial charge < -0.3 is 10.9 Å². The molecular weight excluding hydrogens is 80.0 g/mol. The van der Waals surface area contributed by atoms with Crippen molar-refractivity contribution in [3.8, 4) is 0 Å². The van der Waals surface area contributed by atoms with E-state index in [-0.39, 0.29) is 0 Å². The van der Waals surface area contributed by atoms with Gasteiger partial charge in [-0.2, -0.15) is 5.06 Å². The Bertz CT molecular complexity index is 71.2. The Balaban J connectivity index is 2.41. The molecule has 1 fully saturated rings. The van der Waals surface area contributed by atoms with Crippen molar-refractivity contribution in [2.45, 2.75) is 12.6 Å². The van der Waals surface area contributed by atoms with Crippen molar-refractivity contribution in [3.63, 3.8) is 0 Å². The Morgan fingerprint density at radius 2 is 2.17 bits per heavy atom. The maximum absolute atomic E-state index is 8.40. The molecule has 0 amide bonds. The van der Waals surface area contributed by atoms with Crippen LogP contribution in [-0.2, 0) is 0 Å². The molecule has 1 aliphatic heterocycles. The first kappa shape index (κ1) is 4.05. The lowest BCUT2D eigenvalue weighted by molar-refractivity contribution is -0.000914. The maximum atomic E-state index is 8.40. The predicted octanol–water partition coefficient (Wildman–Crippen LogP) is -0.634. The zero-order valence-electron chi connectivity index (χ0n) is 3.68. The van der Waals surface area contributed by atoms with E-state index in [1.54, 1.807) is 6.92 Å². The lowest BCUT2D eigenvalue weighted by Gasteiger charge is -1.93. The minimum atomic E-state index is -0.403. The van der Waals surface area contributed by atoms with E-state index in [1.807, 2.05) is 0 Å². The van der Waals surface area contributed by atoms with E-state index in [2.05, 4.69) is 0 Å². The van der Waals surface area contributed by atoms with Crippen LogP contribution in [0.2, 0.25) is 0 Å². The molecule has 1 rings (SSSR count). The molecule has 0 aliphatic carbocycles. The molecule has 36 valence electrons. The van der Waals surface area contributed by atoms with Crippen LogP contribution >= 0.6 is 0 Å². The minimum absolute atomic E-state index is 0.403. The van der Waals surface area contributed by atoms with Crippen LogP contribution in [-0.4, -0.2) is 22.5 Å². The van der Waals surface area contributed by atoms with Gasteiger partial charge in [0.15, 0.2) is 0 Å². The summed E-state index contributed by atoms with van der Waals surface area (Å²) in [6.07, 6.45) is 0. The summed E-state index contributed by atoms with van der Waals surface area (Å²) in [7, 11) is 0. The second-order valence-electron chi connectivity index (χ2n) is 1.91. The van der Waals surface area contributed by atoms with Crippen LogP contribution in [0.25, 0.3) is 0 Å². The second kappa shape index (κ2) is 0.753. The highest BCUT2D eigenvalue weighted by atomic mass is 16.5. The molecule has 3 N–H and O–H groups in total. The molecule has 0 saturated carbocycles. The van der Waals surface area contributed by atoms with Crippen molar-refractivity contribution in [3.05, 3.63) is 0 Å². The van der Waals surface area contributed by atoms with Crippen LogP contribution in [0.4, 0.5) is 0 Å². The van der Waals surface area contributed by atoms with E-state index in [0.29, 0.717) is 6.54 Å². The third-order valence-corrected chi connectivity index (χ3v) is 0.956. The van der Waals surface area contributed by atoms with Gasteiger partial charge >= 0.3 is 0 Å². The number of rotatable bonds is 0. The van der Waals surface area contributed by atoms with Gasteiger partial charge in [0.25, 0.3) is 0 Å². The summed E-state index contributed by atoms with van der Waals surface area (Å²) in [6, 6.07) is 0. The predicted molar refractivity (Wildman–Crippen MR) is 21.1 cm³/mol. The first-order chi connectivity index (χ1) is 2.63. The molecule has 2 unspecified atom stereocenters. The van der Waals surface area contributed by atoms with Gasteiger partial charge in [0.2, 0.25) is 0 Å². The van der Waals surface area contributed by atoms with Crippen molar-refractivity contribution in [2.24, 2.45) is 5.73 Å². The molecule has 0 radical (unpaired) electrons. The van der Waals surface area contributed by atoms with Gasteiger partial charge in [0.05, 0.1) is 6.54 Å². The summed E-state index contributed by atoms with van der Waals surface area (Å²) in [5.41, 5.74) is 4.88. The van der Waals surface area contributed by atoms with E-state index in [1.165, 1.54) is 0 Å². The highest BCUT2D eigenvalue weighted by Gasteiger charge is 2.43. The van der Waals surface area contributed by atoms with E-state index < -0.39 is 5.66 Å². The summed E-state index contributed by atoms with van der Waals surface area (Å²) in [6.45, 7) is 2.38. The van der Waals surface area contributed by atoms with E-state index in [4.69, 9.17) is 10.9 Å². The van der Waals surface area contributed by atoms with Crippen LogP contribution in [0, 0.1) is 0 Å². The van der Waals surface area contributed by atoms with Crippen LogP contribution in [0.3, 0.4) is 0 Å². The molecule has 1 saturated heterocycles. The molecule has 0 aromatic rings. The van der Waals surface area contributed by atoms with Crippen molar-refractivity contribution < 1.29 is 5.21 Å². The fourth-order valence-corrected chi connectivity index (χ4v) is 0.268. The number of hydroxylamine groups is 2. The standard InChI is InChI=1S/C3H8N2O/c1-3(4)2-5(3)6/h6H,2,4H2,1H3. The summed E-state index contributed by atoms with van der Waals surface area (Å²) in [5.74, 6) is 0. The minimum Gasteiger partial charge on any atom is -0.312 e. The van der Waals surface area contributed by atoms with Gasteiger partial charge in [0, 0.05) is 0 Å². The third-order valence-electron chi connectivity index (χ3n) is 0.956. The van der Waals surface area contributed by atoms with Crippen molar-refractivity contribution in [2.75, 3.05) is 6.54 Å². The lowest BCUT2D eigenvalue weighted by atomic mass is 10.4. The molecular formula is C3H8N2O. The maximum Gasteiger partial charge on any atom is 0.105 e. The molecule has 0 bridgehead atoms. The highest BCUT2D eigenvalue weighted by molar-refractivity contribution is 4.90. The molecule has 3 nitrogen and oxygen atoms in total. The fraction of sp³-hybridized carbons (Fsp3) is 1.00. The third kappa shape index (κ3) is 0.408. The first-order valence-electron chi connectivity index (χ1n) is 1.88. The normalized spacial score (nSPS) is 55.5. The van der Waals surface area contributed by atoms with Gasteiger partial charge in [-0.25, -0.2) is 0 Å². The molecule has 1 heterocycles. The highest BCUT2D eigenvalue weighted by Crippen LogP contribution is 2.20. The number of nitrogens with zero attached hydrogens (tertiary/aromatic N) is 1. The second-order valence-corrected chi connectivity index (χ2v) is 1.91. The van der Waals surface area contributed by atoms with Crippen LogP contribution < -0.4 is 5.73 Å². The van der Waals surface area contributed by atoms with E-state index >= 15 is 0 Å². The van der Waals surface area contributed by atoms with Crippen molar-refractivity contribution in [1.29, 1.82) is 0 Å². The van der Waals surface area contributed by atoms with Gasteiger partial charge in [-0.3, -0.25) is 0 Å². The van der Waals surface area contributed by atoms with E-state index in [9.17, 15) is 0 Å². The fourth-order valence-electron chi connectivity index (χ4n) is 0.268. The van der Waals surface area contributed by atoms with Crippen LogP contribution in [0.15, 0.2) is 0 Å². The lowest BCUT2D eigenvalue weighted by Crippen LogP contribution is -2.23. The first-order valence-corrected chi connectivity index (χ1v) is 1.88. The van der Waals surface area contributed by atoms with Crippen molar-refractivity contribution >= 4 is 0 Å². The van der Waals surface area contributed by atoms with Gasteiger partial charge in [-0.15, -0.1) is 0 Å². The molecule has 2 atom stereocenters. The van der Waals surface area contributed by atoms with Gasteiger partial charge in [0.1, 0.15) is 5.66 Å².